The summed E-state index contributed by atoms with van der Waals surface area (Å²) in [6.07, 6.45) is 35.4. The highest BCUT2D eigenvalue weighted by atomic mass is 31.2. The number of quaternary nitrogens is 1. The second-order valence-electron chi connectivity index (χ2n) is 14.7. The monoisotopic (exact) mass is 702 g/mol. The summed E-state index contributed by atoms with van der Waals surface area (Å²) >= 11 is 0. The Labute approximate surface area is 296 Å². The molecule has 0 aliphatic heterocycles. The Morgan fingerprint density at radius 2 is 1.17 bits per heavy atom. The van der Waals surface area contributed by atoms with Gasteiger partial charge in [0.2, 0.25) is 5.91 Å². The molecule has 48 heavy (non-hydrogen) atoms. The first-order chi connectivity index (χ1) is 23.0. The largest absolute Gasteiger partial charge is 0.472 e. The topological polar surface area (TPSA) is 105 Å². The second kappa shape index (κ2) is 31.9. The van der Waals surface area contributed by atoms with Crippen molar-refractivity contribution in [3.05, 3.63) is 24.3 Å². The molecule has 9 heteroatoms. The molecule has 284 valence electrons. The molecular formula is C39H78N2O6P+. The summed E-state index contributed by atoms with van der Waals surface area (Å²) in [6.45, 7) is 4.74. The van der Waals surface area contributed by atoms with Crippen LogP contribution in [0.15, 0.2) is 24.3 Å². The number of phosphoric acid groups is 1. The van der Waals surface area contributed by atoms with Gasteiger partial charge in [0.25, 0.3) is 0 Å². The van der Waals surface area contributed by atoms with Crippen LogP contribution in [-0.2, 0) is 18.4 Å². The number of rotatable bonds is 35. The van der Waals surface area contributed by atoms with Crippen molar-refractivity contribution < 1.29 is 32.9 Å². The smallest absolute Gasteiger partial charge is 0.387 e. The summed E-state index contributed by atoms with van der Waals surface area (Å²) in [4.78, 5) is 23.0. The van der Waals surface area contributed by atoms with Crippen LogP contribution in [0, 0.1) is 0 Å². The zero-order chi connectivity index (χ0) is 35.8. The first kappa shape index (κ1) is 47.0. The van der Waals surface area contributed by atoms with Gasteiger partial charge in [-0.1, -0.05) is 167 Å². The van der Waals surface area contributed by atoms with Crippen molar-refractivity contribution in [2.24, 2.45) is 0 Å². The molecule has 1 unspecified atom stereocenters. The van der Waals surface area contributed by atoms with Crippen LogP contribution in [0.5, 0.6) is 0 Å². The molecule has 1 amide bonds. The summed E-state index contributed by atoms with van der Waals surface area (Å²) in [7, 11) is 1.55. The molecule has 0 spiro atoms. The van der Waals surface area contributed by atoms with Gasteiger partial charge >= 0.3 is 7.82 Å². The highest BCUT2D eigenvalue weighted by Gasteiger charge is 2.27. The Bertz CT molecular complexity index is 845. The van der Waals surface area contributed by atoms with Gasteiger partial charge in [-0.2, -0.15) is 0 Å². The van der Waals surface area contributed by atoms with Crippen molar-refractivity contribution in [3.8, 4) is 0 Å². The predicted molar refractivity (Wildman–Crippen MR) is 203 cm³/mol. The van der Waals surface area contributed by atoms with Crippen LogP contribution in [-0.4, -0.2) is 73.4 Å². The van der Waals surface area contributed by atoms with Gasteiger partial charge in [-0.3, -0.25) is 13.8 Å². The number of hydrogen-bond acceptors (Lipinski definition) is 5. The van der Waals surface area contributed by atoms with Gasteiger partial charge in [0.1, 0.15) is 13.2 Å². The number of aliphatic hydroxyl groups excluding tert-OH is 1. The van der Waals surface area contributed by atoms with Crippen molar-refractivity contribution in [2.45, 2.75) is 180 Å². The lowest BCUT2D eigenvalue weighted by atomic mass is 10.0. The van der Waals surface area contributed by atoms with E-state index in [4.69, 9.17) is 9.05 Å². The van der Waals surface area contributed by atoms with Crippen molar-refractivity contribution in [3.63, 3.8) is 0 Å². The molecule has 3 N–H and O–H groups in total. The molecule has 0 fully saturated rings. The van der Waals surface area contributed by atoms with E-state index in [2.05, 4.69) is 25.2 Å². The van der Waals surface area contributed by atoms with E-state index < -0.39 is 20.0 Å². The van der Waals surface area contributed by atoms with E-state index in [-0.39, 0.29) is 19.1 Å². The first-order valence-electron chi connectivity index (χ1n) is 19.7. The number of nitrogens with one attached hydrogen (secondary N) is 1. The number of allylic oxidation sites excluding steroid dienone is 3. The number of phosphoric ester groups is 1. The SMILES string of the molecule is CCCCCCCCC/C=C/C=C/[C@@H](O)[C@H](COP(=O)(O)OCC[N+](C)(C)C)NC(=O)CCCCCCCCCCCCCCCCC. The number of carbonyl (C=O) groups excluding carboxylic acids is 1. The molecule has 8 nitrogen and oxygen atoms in total. The molecule has 0 rings (SSSR count). The average molecular weight is 702 g/mol. The van der Waals surface area contributed by atoms with Crippen molar-refractivity contribution in [1.29, 1.82) is 0 Å². The zero-order valence-electron chi connectivity index (χ0n) is 32.0. The summed E-state index contributed by atoms with van der Waals surface area (Å²) < 4.78 is 23.4. The Morgan fingerprint density at radius 3 is 1.65 bits per heavy atom. The minimum atomic E-state index is -4.34. The first-order valence-corrected chi connectivity index (χ1v) is 21.2. The van der Waals surface area contributed by atoms with Crippen LogP contribution >= 0.6 is 7.82 Å². The second-order valence-corrected chi connectivity index (χ2v) is 16.2. The lowest BCUT2D eigenvalue weighted by Crippen LogP contribution is -2.45. The van der Waals surface area contributed by atoms with Gasteiger partial charge in [0, 0.05) is 6.42 Å². The molecule has 0 aromatic carbocycles. The maximum atomic E-state index is 12.8. The van der Waals surface area contributed by atoms with E-state index in [1.807, 2.05) is 27.2 Å². The van der Waals surface area contributed by atoms with Gasteiger partial charge < -0.3 is 19.8 Å². The predicted octanol–water partition coefficient (Wildman–Crippen LogP) is 10.2. The number of carbonyl (C=O) groups is 1. The molecule has 0 aromatic heterocycles. The molecule has 0 saturated carbocycles. The van der Waals surface area contributed by atoms with Crippen LogP contribution in [0.2, 0.25) is 0 Å². The quantitative estimate of drug-likeness (QED) is 0.0263. The van der Waals surface area contributed by atoms with E-state index in [0.717, 1.165) is 32.1 Å². The van der Waals surface area contributed by atoms with E-state index in [1.54, 1.807) is 12.2 Å². The number of unbranched alkanes of at least 4 members (excludes halogenated alkanes) is 21. The number of amides is 1. The number of likely N-dealkylation sites (N-methyl/N-ethyl adjacent to an activating group) is 1. The van der Waals surface area contributed by atoms with Crippen LogP contribution < -0.4 is 5.32 Å². The molecule has 0 aliphatic rings. The van der Waals surface area contributed by atoms with Gasteiger partial charge in [-0.15, -0.1) is 0 Å². The van der Waals surface area contributed by atoms with Crippen LogP contribution in [0.25, 0.3) is 0 Å². The third kappa shape index (κ3) is 33.5. The van der Waals surface area contributed by atoms with E-state index in [9.17, 15) is 19.4 Å². The van der Waals surface area contributed by atoms with Gasteiger partial charge in [-0.25, -0.2) is 4.57 Å². The Hall–Kier alpha value is -1.02. The molecule has 0 aromatic rings. The van der Waals surface area contributed by atoms with Crippen molar-refractivity contribution >= 4 is 13.7 Å². The van der Waals surface area contributed by atoms with Crippen LogP contribution in [0.4, 0.5) is 0 Å². The standard InChI is InChI=1S/C39H77N2O6P/c1-6-8-10-12-14-16-18-19-20-21-23-25-27-29-31-33-39(43)40-37(36-47-48(44,45)46-35-34-41(3,4)5)38(42)32-30-28-26-24-22-17-15-13-11-9-7-2/h26,28,30,32,37-38,42H,6-25,27,29,31,33-36H2,1-5H3,(H-,40,43,44,45)/p+1/b28-26+,32-30+/t37-,38+/m0/s1. The molecular weight excluding hydrogens is 623 g/mol. The fourth-order valence-corrected chi connectivity index (χ4v) is 6.25. The number of hydrogen-bond donors (Lipinski definition) is 3. The third-order valence-corrected chi connectivity index (χ3v) is 9.71. The highest BCUT2D eigenvalue weighted by Crippen LogP contribution is 2.43. The average Bonchev–Trinajstić information content (AvgIpc) is 3.02. The number of aliphatic hydroxyl groups is 1. The van der Waals surface area contributed by atoms with E-state index in [1.165, 1.54) is 116 Å². The Balaban J connectivity index is 4.52. The molecule has 0 heterocycles. The van der Waals surface area contributed by atoms with Crippen LogP contribution in [0.1, 0.15) is 168 Å². The van der Waals surface area contributed by atoms with Gasteiger partial charge in [0.15, 0.2) is 0 Å². The summed E-state index contributed by atoms with van der Waals surface area (Å²) in [6, 6.07) is -0.871. The summed E-state index contributed by atoms with van der Waals surface area (Å²) in [5, 5.41) is 13.7. The molecule has 0 aliphatic carbocycles. The highest BCUT2D eigenvalue weighted by molar-refractivity contribution is 7.47. The molecule has 0 saturated heterocycles. The van der Waals surface area contributed by atoms with Crippen LogP contribution in [0.3, 0.4) is 0 Å². The van der Waals surface area contributed by atoms with Gasteiger partial charge in [-0.05, 0) is 19.3 Å². The lowest BCUT2D eigenvalue weighted by molar-refractivity contribution is -0.870. The van der Waals surface area contributed by atoms with Crippen molar-refractivity contribution in [2.75, 3.05) is 40.9 Å². The zero-order valence-corrected chi connectivity index (χ0v) is 32.9. The lowest BCUT2D eigenvalue weighted by Gasteiger charge is -2.25. The molecule has 0 radical (unpaired) electrons. The maximum Gasteiger partial charge on any atom is 0.472 e. The fourth-order valence-electron chi connectivity index (χ4n) is 5.51. The van der Waals surface area contributed by atoms with E-state index in [0.29, 0.717) is 17.4 Å². The minimum absolute atomic E-state index is 0.0550. The van der Waals surface area contributed by atoms with Gasteiger partial charge in [0.05, 0.1) is 39.9 Å². The fraction of sp³-hybridized carbons (Fsp3) is 0.872. The maximum absolute atomic E-state index is 12.8. The Morgan fingerprint density at radius 1 is 0.708 bits per heavy atom. The molecule has 0 bridgehead atoms. The molecule has 3 atom stereocenters. The van der Waals surface area contributed by atoms with E-state index >= 15 is 0 Å². The summed E-state index contributed by atoms with van der Waals surface area (Å²) in [5.74, 6) is -0.195. The number of nitrogens with zero attached hydrogens (tertiary/aromatic N) is 1. The normalized spacial score (nSPS) is 14.9. The third-order valence-electron chi connectivity index (χ3n) is 8.73. The van der Waals surface area contributed by atoms with Crippen molar-refractivity contribution in [1.82, 2.24) is 5.32 Å². The Kier molecular flexibility index (Phi) is 31.2. The minimum Gasteiger partial charge on any atom is -0.387 e. The summed E-state index contributed by atoms with van der Waals surface area (Å²) in [5.41, 5.74) is 0.